The Morgan fingerprint density at radius 1 is 1.14 bits per heavy atom. The van der Waals surface area contributed by atoms with Gasteiger partial charge in [-0.1, -0.05) is 44.2 Å². The average molecular weight is 502 g/mol. The normalized spacial score (nSPS) is 11.7. The van der Waals surface area contributed by atoms with Crippen molar-refractivity contribution in [2.24, 2.45) is 5.92 Å². The van der Waals surface area contributed by atoms with Crippen LogP contribution in [0, 0.1) is 18.7 Å². The zero-order valence-electron chi connectivity index (χ0n) is 20.6. The summed E-state index contributed by atoms with van der Waals surface area (Å²) in [7, 11) is -2.30. The molecule has 35 heavy (non-hydrogen) atoms. The average Bonchev–Trinajstić information content (AvgIpc) is 3.21. The van der Waals surface area contributed by atoms with Crippen molar-refractivity contribution in [3.05, 3.63) is 82.9 Å². The van der Waals surface area contributed by atoms with E-state index in [2.05, 4.69) is 4.98 Å². The summed E-state index contributed by atoms with van der Waals surface area (Å²) < 4.78 is 46.6. The second kappa shape index (κ2) is 11.6. The standard InChI is InChI=1S/C26H32FN3O4S/c1-19(2)16-29(25(31)24-8-6-5-7-20(24)3)17-23-15-28-26(30(23)13-14-34-4)35(32,33)18-21-9-11-22(27)12-10-21/h5-12,15,19H,13-14,16-18H2,1-4H3. The second-order valence-electron chi connectivity index (χ2n) is 8.96. The third kappa shape index (κ3) is 6.76. The van der Waals surface area contributed by atoms with Crippen molar-refractivity contribution in [2.45, 2.75) is 44.8 Å². The van der Waals surface area contributed by atoms with Crippen LogP contribution in [0.2, 0.25) is 0 Å². The molecule has 2 aromatic carbocycles. The van der Waals surface area contributed by atoms with Gasteiger partial charge in [-0.25, -0.2) is 17.8 Å². The van der Waals surface area contributed by atoms with E-state index in [1.54, 1.807) is 15.5 Å². The van der Waals surface area contributed by atoms with Crippen LogP contribution in [0.3, 0.4) is 0 Å². The van der Waals surface area contributed by atoms with Crippen LogP contribution < -0.4 is 0 Å². The Morgan fingerprint density at radius 2 is 1.83 bits per heavy atom. The number of ether oxygens (including phenoxy) is 1. The van der Waals surface area contributed by atoms with Crippen LogP contribution in [0.4, 0.5) is 4.39 Å². The number of amides is 1. The number of halogens is 1. The first-order chi connectivity index (χ1) is 16.6. The van der Waals surface area contributed by atoms with Gasteiger partial charge in [-0.2, -0.15) is 0 Å². The van der Waals surface area contributed by atoms with Gasteiger partial charge in [0.2, 0.25) is 15.0 Å². The number of aromatic nitrogens is 2. The number of rotatable bonds is 11. The summed E-state index contributed by atoms with van der Waals surface area (Å²) in [5.41, 5.74) is 2.55. The van der Waals surface area contributed by atoms with E-state index < -0.39 is 15.7 Å². The molecule has 188 valence electrons. The molecule has 7 nitrogen and oxygen atoms in total. The molecule has 0 aliphatic carbocycles. The highest BCUT2D eigenvalue weighted by Gasteiger charge is 2.26. The summed E-state index contributed by atoms with van der Waals surface area (Å²) >= 11 is 0. The van der Waals surface area contributed by atoms with Gasteiger partial charge in [0, 0.05) is 25.8 Å². The Balaban J connectivity index is 1.96. The molecule has 0 spiro atoms. The number of imidazole rings is 1. The Labute approximate surface area is 206 Å². The molecule has 0 saturated heterocycles. The van der Waals surface area contributed by atoms with Gasteiger partial charge in [0.1, 0.15) is 5.82 Å². The fourth-order valence-electron chi connectivity index (χ4n) is 3.89. The smallest absolute Gasteiger partial charge is 0.254 e. The number of aryl methyl sites for hydroxylation is 1. The van der Waals surface area contributed by atoms with Crippen molar-refractivity contribution in [3.8, 4) is 0 Å². The van der Waals surface area contributed by atoms with Crippen molar-refractivity contribution in [1.29, 1.82) is 0 Å². The summed E-state index contributed by atoms with van der Waals surface area (Å²) in [6.45, 7) is 7.19. The lowest BCUT2D eigenvalue weighted by atomic mass is 10.1. The van der Waals surface area contributed by atoms with E-state index in [1.165, 1.54) is 37.6 Å². The first kappa shape index (κ1) is 26.6. The third-order valence-electron chi connectivity index (χ3n) is 5.57. The Hall–Kier alpha value is -3.04. The molecule has 0 aliphatic rings. The van der Waals surface area contributed by atoms with Crippen molar-refractivity contribution in [3.63, 3.8) is 0 Å². The molecule has 0 radical (unpaired) electrons. The second-order valence-corrected chi connectivity index (χ2v) is 10.8. The lowest BCUT2D eigenvalue weighted by Crippen LogP contribution is -2.35. The van der Waals surface area contributed by atoms with E-state index in [1.807, 2.05) is 39.0 Å². The van der Waals surface area contributed by atoms with Crippen LogP contribution in [0.1, 0.15) is 41.0 Å². The lowest BCUT2D eigenvalue weighted by molar-refractivity contribution is 0.0716. The van der Waals surface area contributed by atoms with E-state index in [-0.39, 0.29) is 42.4 Å². The lowest BCUT2D eigenvalue weighted by Gasteiger charge is -2.26. The molecule has 0 fully saturated rings. The highest BCUT2D eigenvalue weighted by atomic mass is 32.2. The van der Waals surface area contributed by atoms with E-state index in [9.17, 15) is 17.6 Å². The topological polar surface area (TPSA) is 81.5 Å². The molecule has 0 bridgehead atoms. The van der Waals surface area contributed by atoms with Crippen molar-refractivity contribution < 1.29 is 22.3 Å². The zero-order chi connectivity index (χ0) is 25.6. The minimum Gasteiger partial charge on any atom is -0.383 e. The van der Waals surface area contributed by atoms with Gasteiger partial charge < -0.3 is 14.2 Å². The number of carbonyl (C=O) groups excluding carboxylic acids is 1. The van der Waals surface area contributed by atoms with Crippen molar-refractivity contribution >= 4 is 15.7 Å². The monoisotopic (exact) mass is 501 g/mol. The number of hydrogen-bond acceptors (Lipinski definition) is 5. The maximum Gasteiger partial charge on any atom is 0.254 e. The van der Waals surface area contributed by atoms with Crippen molar-refractivity contribution in [2.75, 3.05) is 20.3 Å². The predicted octanol–water partition coefficient (Wildman–Crippen LogP) is 4.25. The van der Waals surface area contributed by atoms with E-state index >= 15 is 0 Å². The first-order valence-corrected chi connectivity index (χ1v) is 13.1. The fraction of sp³-hybridized carbons (Fsp3) is 0.385. The molecule has 0 atom stereocenters. The van der Waals surface area contributed by atoms with Crippen LogP contribution in [-0.2, 0) is 33.4 Å². The quantitative estimate of drug-likeness (QED) is 0.392. The Kier molecular flexibility index (Phi) is 8.80. The molecule has 0 unspecified atom stereocenters. The molecular formula is C26H32FN3O4S. The van der Waals surface area contributed by atoms with E-state index in [4.69, 9.17) is 4.74 Å². The molecule has 1 amide bonds. The zero-order valence-corrected chi connectivity index (χ0v) is 21.4. The highest BCUT2D eigenvalue weighted by Crippen LogP contribution is 2.21. The van der Waals surface area contributed by atoms with Crippen LogP contribution in [0.25, 0.3) is 0 Å². The summed E-state index contributed by atoms with van der Waals surface area (Å²) in [5, 5.41) is -0.0956. The number of hydrogen-bond donors (Lipinski definition) is 0. The van der Waals surface area contributed by atoms with Gasteiger partial charge in [-0.15, -0.1) is 0 Å². The number of nitrogens with zero attached hydrogens (tertiary/aromatic N) is 3. The summed E-state index contributed by atoms with van der Waals surface area (Å²) in [4.78, 5) is 19.4. The highest BCUT2D eigenvalue weighted by molar-refractivity contribution is 7.90. The van der Waals surface area contributed by atoms with Gasteiger partial charge in [0.15, 0.2) is 0 Å². The van der Waals surface area contributed by atoms with Gasteiger partial charge >= 0.3 is 0 Å². The molecule has 0 aliphatic heterocycles. The minimum atomic E-state index is -3.83. The Morgan fingerprint density at radius 3 is 2.46 bits per heavy atom. The Bertz CT molecular complexity index is 1250. The molecule has 9 heteroatoms. The van der Waals surface area contributed by atoms with Crippen LogP contribution in [0.5, 0.6) is 0 Å². The van der Waals surface area contributed by atoms with E-state index in [0.29, 0.717) is 23.4 Å². The number of methoxy groups -OCH3 is 1. The van der Waals surface area contributed by atoms with Crippen LogP contribution in [0.15, 0.2) is 59.9 Å². The molecular weight excluding hydrogens is 469 g/mol. The largest absolute Gasteiger partial charge is 0.383 e. The molecule has 3 rings (SSSR count). The van der Waals surface area contributed by atoms with Crippen LogP contribution in [-0.4, -0.2) is 49.0 Å². The first-order valence-electron chi connectivity index (χ1n) is 11.5. The molecule has 0 saturated carbocycles. The van der Waals surface area contributed by atoms with Crippen molar-refractivity contribution in [1.82, 2.24) is 14.5 Å². The molecule has 0 N–H and O–H groups in total. The number of carbonyl (C=O) groups is 1. The molecule has 3 aromatic rings. The predicted molar refractivity (Wildman–Crippen MR) is 132 cm³/mol. The summed E-state index contributed by atoms with van der Waals surface area (Å²) in [5.74, 6) is -0.653. The number of sulfone groups is 1. The van der Waals surface area contributed by atoms with Crippen LogP contribution >= 0.6 is 0 Å². The van der Waals surface area contributed by atoms with Gasteiger partial charge in [-0.05, 0) is 42.2 Å². The molecule has 1 heterocycles. The molecule has 1 aromatic heterocycles. The minimum absolute atomic E-state index is 0.0956. The maximum atomic E-state index is 13.4. The van der Waals surface area contributed by atoms with E-state index in [0.717, 1.165) is 5.56 Å². The summed E-state index contributed by atoms with van der Waals surface area (Å²) in [6.07, 6.45) is 1.51. The third-order valence-corrected chi connectivity index (χ3v) is 7.17. The fourth-order valence-corrected chi connectivity index (χ4v) is 5.41. The number of benzene rings is 2. The van der Waals surface area contributed by atoms with Gasteiger partial charge in [-0.3, -0.25) is 4.79 Å². The van der Waals surface area contributed by atoms with Gasteiger partial charge in [0.05, 0.1) is 30.8 Å². The SMILES string of the molecule is COCCn1c(CN(CC(C)C)C(=O)c2ccccc2C)cnc1S(=O)(=O)Cc1ccc(F)cc1. The maximum absolute atomic E-state index is 13.4. The summed E-state index contributed by atoms with van der Waals surface area (Å²) in [6, 6.07) is 12.8. The van der Waals surface area contributed by atoms with Gasteiger partial charge in [0.25, 0.3) is 5.91 Å².